The molecule has 1 spiro atoms. The van der Waals surface area contributed by atoms with E-state index in [2.05, 4.69) is 68.3 Å². The molecule has 0 bridgehead atoms. The van der Waals surface area contributed by atoms with Crippen molar-refractivity contribution in [3.63, 3.8) is 0 Å². The molecule has 16 heteroatoms. The molecule has 3 aromatic rings. The number of carboxylic acids is 2. The molecule has 0 atom stereocenters. The third-order valence-corrected chi connectivity index (χ3v) is 7.51. The number of carboxylic acid groups (broad SMARTS) is 2. The summed E-state index contributed by atoms with van der Waals surface area (Å²) in [4.78, 5) is 32.3. The molecular weight excluding hydrogens is 580 g/mol. The van der Waals surface area contributed by atoms with Crippen LogP contribution >= 0.6 is 11.3 Å². The number of nitrogens with zero attached hydrogens (tertiary/aromatic N) is 5. The van der Waals surface area contributed by atoms with Crippen LogP contribution in [0.3, 0.4) is 0 Å². The Morgan fingerprint density at radius 1 is 0.927 bits per heavy atom. The zero-order valence-electron chi connectivity index (χ0n) is 21.7. The Morgan fingerprint density at radius 3 is 1.98 bits per heavy atom. The summed E-state index contributed by atoms with van der Waals surface area (Å²) >= 11 is 1.75. The highest BCUT2D eigenvalue weighted by atomic mass is 32.1. The van der Waals surface area contributed by atoms with Gasteiger partial charge in [0.05, 0.1) is 24.0 Å². The second kappa shape index (κ2) is 13.0. The molecular formula is C25H27F6N5O4S. The van der Waals surface area contributed by atoms with Crippen molar-refractivity contribution in [3.05, 3.63) is 58.9 Å². The highest BCUT2D eigenvalue weighted by Gasteiger charge is 2.45. The lowest BCUT2D eigenvalue weighted by molar-refractivity contribution is -0.193. The van der Waals surface area contributed by atoms with Gasteiger partial charge in [0.1, 0.15) is 10.8 Å². The van der Waals surface area contributed by atoms with Gasteiger partial charge in [-0.1, -0.05) is 30.3 Å². The largest absolute Gasteiger partial charge is 0.490 e. The molecule has 9 nitrogen and oxygen atoms in total. The lowest BCUT2D eigenvalue weighted by Gasteiger charge is -2.49. The molecule has 5 rings (SSSR count). The van der Waals surface area contributed by atoms with Gasteiger partial charge in [0, 0.05) is 37.8 Å². The number of thiazole rings is 1. The molecule has 2 aliphatic rings. The van der Waals surface area contributed by atoms with E-state index in [0.717, 1.165) is 45.6 Å². The third-order valence-electron chi connectivity index (χ3n) is 6.74. The summed E-state index contributed by atoms with van der Waals surface area (Å²) in [5.41, 5.74) is 2.57. The molecule has 2 N–H and O–H groups in total. The number of fused-ring (bicyclic) bond motifs is 2. The minimum Gasteiger partial charge on any atom is -0.475 e. The SMILES string of the molecule is CN1CCn2c(-c3ccccc3)cnc2C12CCN(Cc1nccs1)CC2.O=C(O)C(F)(F)F.O=C(O)C(F)(F)F. The topological polar surface area (TPSA) is 112 Å². The highest BCUT2D eigenvalue weighted by molar-refractivity contribution is 7.09. The van der Waals surface area contributed by atoms with E-state index in [1.165, 1.54) is 22.1 Å². The van der Waals surface area contributed by atoms with Crippen molar-refractivity contribution in [2.75, 3.05) is 26.7 Å². The van der Waals surface area contributed by atoms with Crippen LogP contribution in [0.1, 0.15) is 23.7 Å². The first-order chi connectivity index (χ1) is 19.1. The molecule has 224 valence electrons. The summed E-state index contributed by atoms with van der Waals surface area (Å²) in [5.74, 6) is -4.26. The number of carbonyl (C=O) groups is 2. The minimum absolute atomic E-state index is 0.0602. The van der Waals surface area contributed by atoms with E-state index in [0.29, 0.717) is 0 Å². The fraction of sp³-hybridized carbons (Fsp3) is 0.440. The number of hydrogen-bond donors (Lipinski definition) is 2. The van der Waals surface area contributed by atoms with Gasteiger partial charge in [-0.2, -0.15) is 26.3 Å². The number of benzene rings is 1. The van der Waals surface area contributed by atoms with Gasteiger partial charge in [0.15, 0.2) is 0 Å². The predicted octanol–water partition coefficient (Wildman–Crippen LogP) is 4.71. The smallest absolute Gasteiger partial charge is 0.475 e. The van der Waals surface area contributed by atoms with Crippen molar-refractivity contribution in [2.24, 2.45) is 0 Å². The van der Waals surface area contributed by atoms with E-state index < -0.39 is 24.3 Å². The number of imidazole rings is 1. The van der Waals surface area contributed by atoms with Gasteiger partial charge in [-0.15, -0.1) is 11.3 Å². The predicted molar refractivity (Wildman–Crippen MR) is 136 cm³/mol. The van der Waals surface area contributed by atoms with Crippen LogP contribution in [0.4, 0.5) is 26.3 Å². The molecule has 41 heavy (non-hydrogen) atoms. The summed E-state index contributed by atoms with van der Waals surface area (Å²) in [6.45, 7) is 5.26. The minimum atomic E-state index is -5.08. The Hall–Kier alpha value is -3.50. The number of halogens is 6. The number of aliphatic carboxylic acids is 2. The summed E-state index contributed by atoms with van der Waals surface area (Å²) in [5, 5.41) is 17.5. The maximum absolute atomic E-state index is 10.6. The van der Waals surface area contributed by atoms with Crippen LogP contribution in [0.2, 0.25) is 0 Å². The monoisotopic (exact) mass is 607 g/mol. The van der Waals surface area contributed by atoms with Crippen molar-refractivity contribution in [1.29, 1.82) is 0 Å². The average Bonchev–Trinajstić information content (AvgIpc) is 3.58. The summed E-state index contributed by atoms with van der Waals surface area (Å²) in [6.07, 6.45) is -3.93. The van der Waals surface area contributed by atoms with Gasteiger partial charge < -0.3 is 14.8 Å². The average molecular weight is 608 g/mol. The first-order valence-electron chi connectivity index (χ1n) is 12.2. The van der Waals surface area contributed by atoms with E-state index in [1.54, 1.807) is 11.3 Å². The zero-order chi connectivity index (χ0) is 30.4. The quantitative estimate of drug-likeness (QED) is 0.412. The normalized spacial score (nSPS) is 17.0. The van der Waals surface area contributed by atoms with Crippen LogP contribution in [0.15, 0.2) is 48.1 Å². The molecule has 0 unspecified atom stereocenters. The molecule has 1 saturated heterocycles. The van der Waals surface area contributed by atoms with Gasteiger partial charge >= 0.3 is 24.3 Å². The Bertz CT molecular complexity index is 1270. The van der Waals surface area contributed by atoms with Gasteiger partial charge in [-0.05, 0) is 25.5 Å². The van der Waals surface area contributed by atoms with Gasteiger partial charge in [-0.25, -0.2) is 19.6 Å². The van der Waals surface area contributed by atoms with Crippen molar-refractivity contribution < 1.29 is 46.1 Å². The van der Waals surface area contributed by atoms with E-state index in [-0.39, 0.29) is 5.54 Å². The van der Waals surface area contributed by atoms with Crippen molar-refractivity contribution in [3.8, 4) is 11.3 Å². The van der Waals surface area contributed by atoms with Gasteiger partial charge in [-0.3, -0.25) is 9.80 Å². The zero-order valence-corrected chi connectivity index (χ0v) is 22.5. The number of rotatable bonds is 3. The first-order valence-corrected chi connectivity index (χ1v) is 13.1. The van der Waals surface area contributed by atoms with Crippen LogP contribution in [-0.2, 0) is 28.2 Å². The van der Waals surface area contributed by atoms with E-state index in [1.807, 2.05) is 6.20 Å². The van der Waals surface area contributed by atoms with Gasteiger partial charge in [0.25, 0.3) is 0 Å². The van der Waals surface area contributed by atoms with Crippen molar-refractivity contribution >= 4 is 23.3 Å². The standard InChI is InChI=1S/C21H25N5S.2C2HF3O2/c1-24-12-13-26-18(17-5-3-2-4-6-17)15-23-20(26)21(24)7-10-25(11-8-21)16-19-22-9-14-27-19;2*3-2(4,5)1(6)7/h2-6,9,14-15H,7-8,10-13,16H2,1H3;2*(H,6,7). The van der Waals surface area contributed by atoms with Crippen LogP contribution in [-0.4, -0.2) is 85.5 Å². The van der Waals surface area contributed by atoms with Crippen molar-refractivity contribution in [1.82, 2.24) is 24.3 Å². The van der Waals surface area contributed by atoms with E-state index >= 15 is 0 Å². The summed E-state index contributed by atoms with van der Waals surface area (Å²) < 4.78 is 65.9. The first kappa shape index (κ1) is 32.0. The van der Waals surface area contributed by atoms with Crippen LogP contribution in [0.25, 0.3) is 11.3 Å². The second-order valence-corrected chi connectivity index (χ2v) is 10.2. The summed E-state index contributed by atoms with van der Waals surface area (Å²) in [6, 6.07) is 10.7. The number of alkyl halides is 6. The molecule has 0 saturated carbocycles. The molecule has 0 radical (unpaired) electrons. The second-order valence-electron chi connectivity index (χ2n) is 9.25. The summed E-state index contributed by atoms with van der Waals surface area (Å²) in [7, 11) is 2.27. The fourth-order valence-corrected chi connectivity index (χ4v) is 5.31. The van der Waals surface area contributed by atoms with E-state index in [9.17, 15) is 26.3 Å². The molecule has 0 amide bonds. The molecule has 1 aromatic carbocycles. The molecule has 2 aromatic heterocycles. The fourth-order valence-electron chi connectivity index (χ4n) is 4.66. The number of likely N-dealkylation sites (N-methyl/N-ethyl adjacent to an activating group) is 1. The van der Waals surface area contributed by atoms with Crippen LogP contribution in [0, 0.1) is 0 Å². The van der Waals surface area contributed by atoms with E-state index in [4.69, 9.17) is 24.8 Å². The maximum Gasteiger partial charge on any atom is 0.490 e. The molecule has 0 aliphatic carbocycles. The lowest BCUT2D eigenvalue weighted by Crippen LogP contribution is -2.56. The number of hydrogen-bond acceptors (Lipinski definition) is 7. The highest BCUT2D eigenvalue weighted by Crippen LogP contribution is 2.41. The molecule has 4 heterocycles. The Balaban J connectivity index is 0.000000276. The molecule has 2 aliphatic heterocycles. The van der Waals surface area contributed by atoms with Crippen LogP contribution < -0.4 is 0 Å². The van der Waals surface area contributed by atoms with Crippen molar-refractivity contribution in [2.45, 2.75) is 43.8 Å². The lowest BCUT2D eigenvalue weighted by atomic mass is 9.83. The number of piperidine rings is 1. The number of aromatic nitrogens is 3. The third kappa shape index (κ3) is 8.04. The Kier molecular flexibility index (Phi) is 10.1. The Labute approximate surface area is 234 Å². The maximum atomic E-state index is 10.6. The Morgan fingerprint density at radius 2 is 1.49 bits per heavy atom. The van der Waals surface area contributed by atoms with Gasteiger partial charge in [0.2, 0.25) is 0 Å². The number of likely N-dealkylation sites (tertiary alicyclic amines) is 1. The molecule has 1 fully saturated rings. The van der Waals surface area contributed by atoms with Crippen LogP contribution in [0.5, 0.6) is 0 Å².